The molecule has 3 heterocycles. The van der Waals surface area contributed by atoms with E-state index in [1.165, 1.54) is 23.1 Å². The number of hydrogen-bond acceptors (Lipinski definition) is 7. The van der Waals surface area contributed by atoms with E-state index in [9.17, 15) is 9.18 Å². The van der Waals surface area contributed by atoms with Gasteiger partial charge in [-0.3, -0.25) is 0 Å². The third kappa shape index (κ3) is 3.53. The largest absolute Gasteiger partial charge is 0.466 e. The highest BCUT2D eigenvalue weighted by Crippen LogP contribution is 2.40. The van der Waals surface area contributed by atoms with Gasteiger partial charge in [0.15, 0.2) is 0 Å². The molecule has 1 aliphatic heterocycles. The van der Waals surface area contributed by atoms with Crippen molar-refractivity contribution in [3.8, 4) is 11.1 Å². The number of furan rings is 1. The van der Waals surface area contributed by atoms with Crippen molar-refractivity contribution in [2.45, 2.75) is 19.6 Å². The van der Waals surface area contributed by atoms with Crippen LogP contribution in [0.3, 0.4) is 0 Å². The lowest BCUT2D eigenvalue weighted by Gasteiger charge is -2.26. The van der Waals surface area contributed by atoms with Crippen LogP contribution in [0, 0.1) is 5.82 Å². The summed E-state index contributed by atoms with van der Waals surface area (Å²) in [7, 11) is 0. The molecule has 160 valence electrons. The van der Waals surface area contributed by atoms with Crippen LogP contribution < -0.4 is 5.32 Å². The number of nitrogens with zero attached hydrogens (tertiary/aromatic N) is 4. The molecule has 5 rings (SSSR count). The van der Waals surface area contributed by atoms with Crippen LogP contribution in [-0.2, 0) is 16.1 Å². The number of aromatic nitrogens is 4. The topological polar surface area (TPSA) is 95.1 Å². The zero-order valence-corrected chi connectivity index (χ0v) is 17.0. The third-order valence-electron chi connectivity index (χ3n) is 5.25. The van der Waals surface area contributed by atoms with E-state index < -0.39 is 12.0 Å². The fourth-order valence-corrected chi connectivity index (χ4v) is 3.72. The van der Waals surface area contributed by atoms with Gasteiger partial charge in [0.05, 0.1) is 11.8 Å². The predicted molar refractivity (Wildman–Crippen MR) is 113 cm³/mol. The molecule has 0 radical (unpaired) electrons. The molecule has 1 N–H and O–H groups in total. The van der Waals surface area contributed by atoms with Crippen LogP contribution in [0.25, 0.3) is 11.1 Å². The SMILES string of the molecule is CC1=C(C(=O)OCc2ccccc2)C(c2occc2-c2ccc(F)cc2)n2nnnc2N1. The Balaban J connectivity index is 1.54. The zero-order valence-electron chi connectivity index (χ0n) is 17.0. The van der Waals surface area contributed by atoms with Crippen molar-refractivity contribution in [1.29, 1.82) is 0 Å². The second-order valence-electron chi connectivity index (χ2n) is 7.28. The van der Waals surface area contributed by atoms with Gasteiger partial charge in [0.2, 0.25) is 5.95 Å². The van der Waals surface area contributed by atoms with Crippen molar-refractivity contribution < 1.29 is 18.3 Å². The number of anilines is 1. The molecule has 8 nitrogen and oxygen atoms in total. The number of nitrogens with one attached hydrogen (secondary N) is 1. The van der Waals surface area contributed by atoms with Gasteiger partial charge in [0.25, 0.3) is 0 Å². The van der Waals surface area contributed by atoms with Gasteiger partial charge in [-0.2, -0.15) is 4.68 Å². The van der Waals surface area contributed by atoms with Gasteiger partial charge in [0, 0.05) is 11.3 Å². The molecule has 9 heteroatoms. The summed E-state index contributed by atoms with van der Waals surface area (Å²) in [6.45, 7) is 1.87. The van der Waals surface area contributed by atoms with Crippen molar-refractivity contribution in [2.24, 2.45) is 0 Å². The minimum Gasteiger partial charge on any atom is -0.466 e. The monoisotopic (exact) mass is 431 g/mol. The number of carbonyl (C=O) groups excluding carboxylic acids is 1. The van der Waals surface area contributed by atoms with Crippen molar-refractivity contribution in [2.75, 3.05) is 5.32 Å². The normalized spacial score (nSPS) is 15.2. The predicted octanol–water partition coefficient (Wildman–Crippen LogP) is 4.10. The zero-order chi connectivity index (χ0) is 22.1. The van der Waals surface area contributed by atoms with E-state index in [4.69, 9.17) is 9.15 Å². The smallest absolute Gasteiger partial charge is 0.338 e. The fourth-order valence-electron chi connectivity index (χ4n) is 3.72. The van der Waals surface area contributed by atoms with Gasteiger partial charge in [-0.25, -0.2) is 9.18 Å². The highest BCUT2D eigenvalue weighted by atomic mass is 19.1. The Hall–Kier alpha value is -4.27. The molecule has 32 heavy (non-hydrogen) atoms. The third-order valence-corrected chi connectivity index (χ3v) is 5.25. The van der Waals surface area contributed by atoms with Crippen molar-refractivity contribution in [1.82, 2.24) is 20.2 Å². The van der Waals surface area contributed by atoms with Crippen LogP contribution in [0.5, 0.6) is 0 Å². The van der Waals surface area contributed by atoms with E-state index >= 15 is 0 Å². The lowest BCUT2D eigenvalue weighted by Crippen LogP contribution is -2.29. The summed E-state index contributed by atoms with van der Waals surface area (Å²) in [4.78, 5) is 13.2. The first-order valence-electron chi connectivity index (χ1n) is 9.92. The minimum absolute atomic E-state index is 0.120. The molecule has 0 bridgehead atoms. The second kappa shape index (κ2) is 8.10. The van der Waals surface area contributed by atoms with Gasteiger partial charge >= 0.3 is 5.97 Å². The molecule has 0 fully saturated rings. The highest BCUT2D eigenvalue weighted by molar-refractivity contribution is 5.92. The molecule has 1 unspecified atom stereocenters. The van der Waals surface area contributed by atoms with Crippen LogP contribution in [0.2, 0.25) is 0 Å². The number of fused-ring (bicyclic) bond motifs is 1. The first-order chi connectivity index (χ1) is 15.6. The number of hydrogen-bond donors (Lipinski definition) is 1. The molecule has 0 saturated heterocycles. The van der Waals surface area contributed by atoms with Gasteiger partial charge in [0.1, 0.15) is 24.2 Å². The molecule has 2 aromatic carbocycles. The van der Waals surface area contributed by atoms with E-state index in [0.717, 1.165) is 11.1 Å². The molecule has 2 aromatic heterocycles. The molecule has 4 aromatic rings. The quantitative estimate of drug-likeness (QED) is 0.475. The summed E-state index contributed by atoms with van der Waals surface area (Å²) in [5.41, 5.74) is 3.17. The number of carbonyl (C=O) groups is 1. The highest BCUT2D eigenvalue weighted by Gasteiger charge is 2.38. The van der Waals surface area contributed by atoms with Gasteiger partial charge in [-0.05, 0) is 46.7 Å². The number of tetrazole rings is 1. The molecule has 0 spiro atoms. The molecule has 1 atom stereocenters. The Morgan fingerprint density at radius 1 is 1.16 bits per heavy atom. The van der Waals surface area contributed by atoms with Gasteiger partial charge in [-0.15, -0.1) is 0 Å². The maximum atomic E-state index is 13.5. The Bertz CT molecular complexity index is 1290. The number of esters is 1. The molecule has 0 amide bonds. The summed E-state index contributed by atoms with van der Waals surface area (Å²) < 4.78 is 26.4. The Morgan fingerprint density at radius 2 is 1.94 bits per heavy atom. The standard InChI is InChI=1S/C23H18FN5O3/c1-14-19(22(30)32-13-15-5-3-2-4-6-15)20(29-23(25-14)26-27-28-29)21-18(11-12-31-21)16-7-9-17(24)10-8-16/h2-12,20H,13H2,1H3,(H,25,26,28). The summed E-state index contributed by atoms with van der Waals surface area (Å²) in [5, 5.41) is 14.8. The molecule has 0 aliphatic carbocycles. The lowest BCUT2D eigenvalue weighted by atomic mass is 9.95. The fraction of sp³-hybridized carbons (Fsp3) is 0.130. The van der Waals surface area contributed by atoms with Crippen LogP contribution in [0.4, 0.5) is 10.3 Å². The number of rotatable bonds is 5. The number of benzene rings is 2. The number of allylic oxidation sites excluding steroid dienone is 1. The van der Waals surface area contributed by atoms with Crippen LogP contribution in [0.1, 0.15) is 24.3 Å². The molecular weight excluding hydrogens is 413 g/mol. The lowest BCUT2D eigenvalue weighted by molar-refractivity contribution is -0.140. The van der Waals surface area contributed by atoms with E-state index in [0.29, 0.717) is 28.5 Å². The average Bonchev–Trinajstić information content (AvgIpc) is 3.47. The first-order valence-corrected chi connectivity index (χ1v) is 9.92. The minimum atomic E-state index is -0.764. The maximum absolute atomic E-state index is 13.5. The van der Waals surface area contributed by atoms with E-state index in [1.54, 1.807) is 25.1 Å². The van der Waals surface area contributed by atoms with Crippen molar-refractivity contribution >= 4 is 11.9 Å². The Kier molecular flexibility index (Phi) is 4.98. The van der Waals surface area contributed by atoms with Gasteiger partial charge in [-0.1, -0.05) is 47.6 Å². The summed E-state index contributed by atoms with van der Waals surface area (Å²) >= 11 is 0. The number of ether oxygens (including phenoxy) is 1. The second-order valence-corrected chi connectivity index (χ2v) is 7.28. The molecular formula is C23H18FN5O3. The molecule has 1 aliphatic rings. The maximum Gasteiger partial charge on any atom is 0.338 e. The van der Waals surface area contributed by atoms with Crippen LogP contribution >= 0.6 is 0 Å². The Morgan fingerprint density at radius 3 is 2.72 bits per heavy atom. The molecule has 0 saturated carbocycles. The van der Waals surface area contributed by atoms with Crippen molar-refractivity contribution in [3.05, 3.63) is 95.3 Å². The van der Waals surface area contributed by atoms with Crippen molar-refractivity contribution in [3.63, 3.8) is 0 Å². The Labute approximate surface area is 182 Å². The summed E-state index contributed by atoms with van der Waals surface area (Å²) in [6.07, 6.45) is 1.52. The first kappa shape index (κ1) is 19.7. The van der Waals surface area contributed by atoms with E-state index in [1.807, 2.05) is 30.3 Å². The van der Waals surface area contributed by atoms with Gasteiger partial charge < -0.3 is 14.5 Å². The van der Waals surface area contributed by atoms with E-state index in [2.05, 4.69) is 20.8 Å². The average molecular weight is 431 g/mol. The van der Waals surface area contributed by atoms with Crippen LogP contribution in [0.15, 0.2) is 82.6 Å². The summed E-state index contributed by atoms with van der Waals surface area (Å²) in [6, 6.07) is 16.4. The summed E-state index contributed by atoms with van der Waals surface area (Å²) in [5.74, 6) is -0.0537. The van der Waals surface area contributed by atoms with Crippen LogP contribution in [-0.4, -0.2) is 26.2 Å². The number of halogens is 1. The van der Waals surface area contributed by atoms with E-state index in [-0.39, 0.29) is 12.4 Å².